The number of hydrogen-bond acceptors (Lipinski definition) is 4. The van der Waals surface area contributed by atoms with Crippen molar-refractivity contribution in [2.45, 2.75) is 18.9 Å². The van der Waals surface area contributed by atoms with Crippen LogP contribution in [0.5, 0.6) is 11.5 Å². The van der Waals surface area contributed by atoms with Gasteiger partial charge in [-0.05, 0) is 37.1 Å². The summed E-state index contributed by atoms with van der Waals surface area (Å²) < 4.78 is 10.6. The van der Waals surface area contributed by atoms with Crippen molar-refractivity contribution in [2.24, 2.45) is 0 Å². The second kappa shape index (κ2) is 7.12. The monoisotopic (exact) mass is 385 g/mol. The van der Waals surface area contributed by atoms with Crippen LogP contribution in [0.15, 0.2) is 36.4 Å². The average molecular weight is 386 g/mol. The van der Waals surface area contributed by atoms with Crippen LogP contribution < -0.4 is 9.47 Å². The number of para-hydroxylation sites is 2. The summed E-state index contributed by atoms with van der Waals surface area (Å²) >= 11 is 6.28. The number of carbonyl (C=O) groups excluding carboxylic acids is 1. The number of benzene rings is 2. The minimum absolute atomic E-state index is 0.0863. The largest absolute Gasteiger partial charge is 0.493 e. The third-order valence-electron chi connectivity index (χ3n) is 4.92. The maximum Gasteiger partial charge on any atom is 0.254 e. The summed E-state index contributed by atoms with van der Waals surface area (Å²) in [5.41, 5.74) is 2.35. The first-order valence-electron chi connectivity index (χ1n) is 8.79. The number of H-pyrrole nitrogens is 1. The molecule has 140 valence electrons. The van der Waals surface area contributed by atoms with Crippen LogP contribution in [-0.2, 0) is 0 Å². The molecule has 0 unspecified atom stereocenters. The van der Waals surface area contributed by atoms with Crippen LogP contribution in [0.2, 0.25) is 5.02 Å². The number of nitrogens with one attached hydrogen (secondary N) is 1. The number of hydrogen-bond donors (Lipinski definition) is 1. The van der Waals surface area contributed by atoms with Gasteiger partial charge in [-0.15, -0.1) is 0 Å². The molecule has 0 radical (unpaired) electrons. The van der Waals surface area contributed by atoms with E-state index in [1.165, 1.54) is 14.2 Å². The number of methoxy groups -OCH3 is 2. The van der Waals surface area contributed by atoms with Crippen LogP contribution >= 0.6 is 11.6 Å². The van der Waals surface area contributed by atoms with Crippen molar-refractivity contribution in [3.8, 4) is 11.5 Å². The lowest BCUT2D eigenvalue weighted by Gasteiger charge is -2.24. The molecule has 0 aliphatic carbocycles. The highest BCUT2D eigenvalue weighted by Gasteiger charge is 2.33. The lowest BCUT2D eigenvalue weighted by Crippen LogP contribution is -2.31. The lowest BCUT2D eigenvalue weighted by molar-refractivity contribution is 0.0730. The Kier molecular flexibility index (Phi) is 4.66. The molecule has 7 heteroatoms. The number of rotatable bonds is 4. The third-order valence-corrected chi connectivity index (χ3v) is 5.20. The van der Waals surface area contributed by atoms with E-state index in [2.05, 4.69) is 9.97 Å². The molecule has 27 heavy (non-hydrogen) atoms. The van der Waals surface area contributed by atoms with Crippen LogP contribution in [0.25, 0.3) is 11.0 Å². The SMILES string of the molecule is COc1cc(C(=O)N2CCC[C@H]2c2nc3ccccc3[nH]2)cc(Cl)c1OC. The van der Waals surface area contributed by atoms with Gasteiger partial charge in [0.15, 0.2) is 11.5 Å². The Balaban J connectivity index is 1.67. The van der Waals surface area contributed by atoms with Crippen molar-refractivity contribution in [1.82, 2.24) is 14.9 Å². The van der Waals surface area contributed by atoms with E-state index in [1.807, 2.05) is 29.2 Å². The summed E-state index contributed by atoms with van der Waals surface area (Å²) in [6.07, 6.45) is 1.79. The predicted octanol–water partition coefficient (Wildman–Crippen LogP) is 4.21. The van der Waals surface area contributed by atoms with Gasteiger partial charge in [-0.25, -0.2) is 4.98 Å². The zero-order chi connectivity index (χ0) is 19.0. The molecule has 2 aromatic carbocycles. The molecular formula is C20H20ClN3O3. The predicted molar refractivity (Wildman–Crippen MR) is 104 cm³/mol. The summed E-state index contributed by atoms with van der Waals surface area (Å²) in [6, 6.07) is 11.1. The van der Waals surface area contributed by atoms with Gasteiger partial charge in [-0.2, -0.15) is 0 Å². The Morgan fingerprint density at radius 3 is 2.81 bits per heavy atom. The second-order valence-corrected chi connectivity index (χ2v) is 6.90. The first-order valence-corrected chi connectivity index (χ1v) is 9.17. The summed E-state index contributed by atoms with van der Waals surface area (Å²) in [4.78, 5) is 23.1. The van der Waals surface area contributed by atoms with Gasteiger partial charge in [-0.3, -0.25) is 4.79 Å². The van der Waals surface area contributed by atoms with E-state index in [0.717, 1.165) is 29.7 Å². The number of amides is 1. The van der Waals surface area contributed by atoms with Crippen LogP contribution in [-0.4, -0.2) is 41.5 Å². The molecule has 6 nitrogen and oxygen atoms in total. The number of fused-ring (bicyclic) bond motifs is 1. The normalized spacial score (nSPS) is 16.7. The molecule has 1 saturated heterocycles. The number of likely N-dealkylation sites (tertiary alicyclic amines) is 1. The van der Waals surface area contributed by atoms with Gasteiger partial charge in [0.2, 0.25) is 0 Å². The van der Waals surface area contributed by atoms with E-state index in [9.17, 15) is 4.79 Å². The van der Waals surface area contributed by atoms with Crippen molar-refractivity contribution in [3.05, 3.63) is 52.8 Å². The van der Waals surface area contributed by atoms with Crippen molar-refractivity contribution in [2.75, 3.05) is 20.8 Å². The molecule has 0 bridgehead atoms. The van der Waals surface area contributed by atoms with E-state index in [0.29, 0.717) is 28.6 Å². The van der Waals surface area contributed by atoms with Gasteiger partial charge in [0.1, 0.15) is 5.82 Å². The molecule has 1 N–H and O–H groups in total. The molecule has 0 saturated carbocycles. The molecule has 1 amide bonds. The van der Waals surface area contributed by atoms with Crippen molar-refractivity contribution >= 4 is 28.5 Å². The summed E-state index contributed by atoms with van der Waals surface area (Å²) in [5, 5.41) is 0.347. The molecule has 1 fully saturated rings. The van der Waals surface area contributed by atoms with E-state index < -0.39 is 0 Å². The van der Waals surface area contributed by atoms with Crippen LogP contribution in [0, 0.1) is 0 Å². The van der Waals surface area contributed by atoms with Crippen molar-refractivity contribution < 1.29 is 14.3 Å². The first-order chi connectivity index (χ1) is 13.1. The minimum Gasteiger partial charge on any atom is -0.493 e. The van der Waals surface area contributed by atoms with Crippen molar-refractivity contribution in [1.29, 1.82) is 0 Å². The second-order valence-electron chi connectivity index (χ2n) is 6.49. The van der Waals surface area contributed by atoms with Gasteiger partial charge in [0.25, 0.3) is 5.91 Å². The average Bonchev–Trinajstić information content (AvgIpc) is 3.33. The number of carbonyl (C=O) groups is 1. The van der Waals surface area contributed by atoms with Gasteiger partial charge < -0.3 is 19.4 Å². The highest BCUT2D eigenvalue weighted by Crippen LogP contribution is 2.38. The van der Waals surface area contributed by atoms with Gasteiger partial charge in [0, 0.05) is 12.1 Å². The quantitative estimate of drug-likeness (QED) is 0.730. The maximum absolute atomic E-state index is 13.2. The minimum atomic E-state index is -0.0965. The molecule has 3 aromatic rings. The van der Waals surface area contributed by atoms with Crippen LogP contribution in [0.4, 0.5) is 0 Å². The van der Waals surface area contributed by atoms with Crippen LogP contribution in [0.1, 0.15) is 35.1 Å². The molecular weight excluding hydrogens is 366 g/mol. The first kappa shape index (κ1) is 17.7. The van der Waals surface area contributed by atoms with E-state index >= 15 is 0 Å². The zero-order valence-electron chi connectivity index (χ0n) is 15.2. The zero-order valence-corrected chi connectivity index (χ0v) is 15.9. The Morgan fingerprint density at radius 1 is 1.26 bits per heavy atom. The summed E-state index contributed by atoms with van der Waals surface area (Å²) in [6.45, 7) is 0.673. The summed E-state index contributed by atoms with van der Waals surface area (Å²) in [5.74, 6) is 1.58. The number of aromatic amines is 1. The highest BCUT2D eigenvalue weighted by atomic mass is 35.5. The molecule has 4 rings (SSSR count). The Bertz CT molecular complexity index is 968. The van der Waals surface area contributed by atoms with E-state index in [1.54, 1.807) is 12.1 Å². The molecule has 1 aromatic heterocycles. The molecule has 1 atom stereocenters. The van der Waals surface area contributed by atoms with Gasteiger partial charge in [-0.1, -0.05) is 23.7 Å². The fraction of sp³-hybridized carbons (Fsp3) is 0.300. The topological polar surface area (TPSA) is 67.5 Å². The number of imidazole rings is 1. The number of halogens is 1. The standard InChI is InChI=1S/C20H20ClN3O3/c1-26-17-11-12(10-13(21)18(17)27-2)20(25)24-9-5-8-16(24)19-22-14-6-3-4-7-15(14)23-19/h3-4,6-7,10-11,16H,5,8-9H2,1-2H3,(H,22,23)/t16-/m0/s1. The molecule has 1 aliphatic heterocycles. The van der Waals surface area contributed by atoms with E-state index in [4.69, 9.17) is 21.1 Å². The van der Waals surface area contributed by atoms with Gasteiger partial charge in [0.05, 0.1) is 36.3 Å². The van der Waals surface area contributed by atoms with Gasteiger partial charge >= 0.3 is 0 Å². The summed E-state index contributed by atoms with van der Waals surface area (Å²) in [7, 11) is 3.04. The lowest BCUT2D eigenvalue weighted by atomic mass is 10.1. The molecule has 0 spiro atoms. The number of nitrogens with zero attached hydrogens (tertiary/aromatic N) is 2. The molecule has 1 aliphatic rings. The highest BCUT2D eigenvalue weighted by molar-refractivity contribution is 6.32. The van der Waals surface area contributed by atoms with Crippen LogP contribution in [0.3, 0.4) is 0 Å². The third kappa shape index (κ3) is 3.10. The number of aromatic nitrogens is 2. The van der Waals surface area contributed by atoms with E-state index in [-0.39, 0.29) is 11.9 Å². The number of ether oxygens (including phenoxy) is 2. The fourth-order valence-corrected chi connectivity index (χ4v) is 3.92. The smallest absolute Gasteiger partial charge is 0.254 e. The van der Waals surface area contributed by atoms with Crippen molar-refractivity contribution in [3.63, 3.8) is 0 Å². The Hall–Kier alpha value is -2.73. The maximum atomic E-state index is 13.2. The Labute approximate surface area is 162 Å². The Morgan fingerprint density at radius 2 is 2.07 bits per heavy atom. The fourth-order valence-electron chi connectivity index (χ4n) is 3.63. The molecule has 2 heterocycles.